The molecule has 5 aromatic heterocycles. The standard InChI is InChI=1S/C25H15N9O2S2/c1-2-6-16(7-3-1)25(19-8-4-5-9-26-19)29-21(17-14-36-32-30-17)20(18-15-38-33-31-18)22(23-27-11-13-37-23)34(25)24-28-10-12-35-24/h1-15H. The number of hydrogen-bond acceptors (Lipinski definition) is 13. The number of aromatic nitrogens is 7. The summed E-state index contributed by atoms with van der Waals surface area (Å²) in [5.74, 6) is 0. The number of benzene rings is 1. The predicted octanol–water partition coefficient (Wildman–Crippen LogP) is 4.54. The molecule has 11 nitrogen and oxygen atoms in total. The van der Waals surface area contributed by atoms with E-state index in [1.54, 1.807) is 18.6 Å². The minimum Gasteiger partial charge on any atom is -0.432 e. The lowest BCUT2D eigenvalue weighted by Crippen LogP contribution is -2.49. The molecule has 0 saturated carbocycles. The van der Waals surface area contributed by atoms with Gasteiger partial charge in [-0.2, -0.15) is 0 Å². The molecular formula is C25H15N9O2S2. The molecule has 0 radical (unpaired) electrons. The van der Waals surface area contributed by atoms with Crippen LogP contribution in [-0.4, -0.2) is 40.6 Å². The van der Waals surface area contributed by atoms with Gasteiger partial charge in [-0.3, -0.25) is 9.88 Å². The predicted molar refractivity (Wildman–Crippen MR) is 140 cm³/mol. The van der Waals surface area contributed by atoms with Crippen LogP contribution in [0.4, 0.5) is 6.01 Å². The quantitative estimate of drug-likeness (QED) is 0.298. The number of aliphatic imine (C=N–C) groups is 1. The lowest BCUT2D eigenvalue weighted by Gasteiger charge is -2.44. The van der Waals surface area contributed by atoms with E-state index in [1.807, 2.05) is 64.2 Å². The Morgan fingerprint density at radius 2 is 1.79 bits per heavy atom. The zero-order valence-corrected chi connectivity index (χ0v) is 21.0. The molecule has 0 aliphatic carbocycles. The van der Waals surface area contributed by atoms with Crippen molar-refractivity contribution < 1.29 is 8.94 Å². The number of hydrogen-bond donors (Lipinski definition) is 0. The number of nitrogens with zero attached hydrogens (tertiary/aromatic N) is 9. The van der Waals surface area contributed by atoms with E-state index in [-0.39, 0.29) is 0 Å². The number of allylic oxidation sites excluding steroid dienone is 1. The maximum Gasteiger partial charge on any atom is 0.304 e. The van der Waals surface area contributed by atoms with Gasteiger partial charge in [-0.25, -0.2) is 15.0 Å². The molecule has 0 bridgehead atoms. The van der Waals surface area contributed by atoms with Gasteiger partial charge in [-0.05, 0) is 23.7 Å². The third kappa shape index (κ3) is 3.48. The monoisotopic (exact) mass is 537 g/mol. The molecule has 1 atom stereocenters. The first-order valence-electron chi connectivity index (χ1n) is 11.3. The molecule has 6 aromatic rings. The minimum atomic E-state index is -1.28. The molecule has 1 aliphatic heterocycles. The Bertz CT molecular complexity index is 1660. The molecule has 13 heteroatoms. The van der Waals surface area contributed by atoms with Gasteiger partial charge in [-0.1, -0.05) is 40.9 Å². The van der Waals surface area contributed by atoms with Crippen molar-refractivity contribution in [2.24, 2.45) is 4.99 Å². The highest BCUT2D eigenvalue weighted by molar-refractivity contribution is 7.10. The second-order valence-corrected chi connectivity index (χ2v) is 9.51. The summed E-state index contributed by atoms with van der Waals surface area (Å²) in [4.78, 5) is 21.4. The van der Waals surface area contributed by atoms with Gasteiger partial charge in [0.25, 0.3) is 0 Å². The highest BCUT2D eigenvalue weighted by Crippen LogP contribution is 2.50. The molecule has 1 aliphatic rings. The molecule has 7 rings (SSSR count). The molecule has 0 amide bonds. The number of oxazole rings is 1. The average Bonchev–Trinajstić information content (AvgIpc) is 3.80. The fourth-order valence-corrected chi connectivity index (χ4v) is 5.60. The third-order valence-electron chi connectivity index (χ3n) is 5.96. The molecule has 1 aromatic carbocycles. The van der Waals surface area contributed by atoms with E-state index < -0.39 is 5.66 Å². The van der Waals surface area contributed by atoms with Gasteiger partial charge in [0, 0.05) is 34.0 Å². The summed E-state index contributed by atoms with van der Waals surface area (Å²) < 4.78 is 15.3. The van der Waals surface area contributed by atoms with E-state index in [0.29, 0.717) is 45.1 Å². The highest BCUT2D eigenvalue weighted by Gasteiger charge is 2.51. The van der Waals surface area contributed by atoms with Crippen LogP contribution in [0, 0.1) is 0 Å². The maximum absolute atomic E-state index is 5.97. The van der Waals surface area contributed by atoms with Crippen LogP contribution in [0.5, 0.6) is 0 Å². The SMILES string of the molecule is c1ccc(C2(c3ccccn3)N=C(c3conn3)C(c3csnn3)=C(c3nccs3)N2c2ncco2)cc1. The first kappa shape index (κ1) is 22.3. The summed E-state index contributed by atoms with van der Waals surface area (Å²) in [7, 11) is 0. The molecular weight excluding hydrogens is 522 g/mol. The van der Waals surface area contributed by atoms with Gasteiger partial charge in [0.05, 0.1) is 23.2 Å². The van der Waals surface area contributed by atoms with Gasteiger partial charge in [0.15, 0.2) is 12.0 Å². The van der Waals surface area contributed by atoms with Crippen molar-refractivity contribution in [3.8, 4) is 0 Å². The Hall–Kier alpha value is -4.88. The van der Waals surface area contributed by atoms with Gasteiger partial charge in [-0.15, -0.1) is 21.5 Å². The van der Waals surface area contributed by atoms with Gasteiger partial charge in [0.1, 0.15) is 22.7 Å². The molecule has 0 spiro atoms. The van der Waals surface area contributed by atoms with Crippen LogP contribution < -0.4 is 4.90 Å². The van der Waals surface area contributed by atoms with Crippen molar-refractivity contribution >= 4 is 45.9 Å². The molecule has 0 N–H and O–H groups in total. The van der Waals surface area contributed by atoms with E-state index in [0.717, 1.165) is 5.56 Å². The Labute approximate surface area is 223 Å². The average molecular weight is 538 g/mol. The van der Waals surface area contributed by atoms with E-state index in [4.69, 9.17) is 23.9 Å². The van der Waals surface area contributed by atoms with E-state index in [2.05, 4.69) is 24.9 Å². The molecule has 1 unspecified atom stereocenters. The second-order valence-electron chi connectivity index (χ2n) is 8.00. The second kappa shape index (κ2) is 9.21. The topological polar surface area (TPSA) is 132 Å². The van der Waals surface area contributed by atoms with Gasteiger partial charge >= 0.3 is 6.01 Å². The normalized spacial score (nSPS) is 17.6. The van der Waals surface area contributed by atoms with Crippen molar-refractivity contribution in [3.05, 3.63) is 118 Å². The number of thiazole rings is 1. The summed E-state index contributed by atoms with van der Waals surface area (Å²) in [6, 6.07) is 15.8. The fraction of sp³-hybridized carbons (Fsp3) is 0.0400. The maximum atomic E-state index is 5.97. The minimum absolute atomic E-state index is 0.298. The van der Waals surface area contributed by atoms with Gasteiger partial charge < -0.3 is 8.94 Å². The van der Waals surface area contributed by atoms with Crippen LogP contribution >= 0.6 is 22.9 Å². The highest BCUT2D eigenvalue weighted by atomic mass is 32.1. The summed E-state index contributed by atoms with van der Waals surface area (Å²) in [5, 5.41) is 16.8. The first-order valence-corrected chi connectivity index (χ1v) is 13.0. The van der Waals surface area contributed by atoms with Crippen molar-refractivity contribution in [3.63, 3.8) is 0 Å². The molecule has 0 saturated heterocycles. The zero-order chi connectivity index (χ0) is 25.4. The lowest BCUT2D eigenvalue weighted by molar-refractivity contribution is 0.393. The Morgan fingerprint density at radius 3 is 2.47 bits per heavy atom. The van der Waals surface area contributed by atoms with Crippen LogP contribution in [0.15, 0.2) is 104 Å². The molecule has 6 heterocycles. The number of anilines is 1. The summed E-state index contributed by atoms with van der Waals surface area (Å²) >= 11 is 2.69. The largest absolute Gasteiger partial charge is 0.432 e. The Morgan fingerprint density at radius 1 is 0.868 bits per heavy atom. The van der Waals surface area contributed by atoms with Crippen molar-refractivity contribution in [1.82, 2.24) is 34.9 Å². The van der Waals surface area contributed by atoms with Gasteiger partial charge in [0.2, 0.25) is 5.66 Å². The first-order chi connectivity index (χ1) is 18.9. The molecule has 184 valence electrons. The Balaban J connectivity index is 1.68. The number of rotatable bonds is 6. The van der Waals surface area contributed by atoms with Crippen molar-refractivity contribution in [2.75, 3.05) is 4.90 Å². The lowest BCUT2D eigenvalue weighted by atomic mass is 9.88. The summed E-state index contributed by atoms with van der Waals surface area (Å²) in [6.45, 7) is 0. The fourth-order valence-electron chi connectivity index (χ4n) is 4.48. The smallest absolute Gasteiger partial charge is 0.304 e. The molecule has 0 fully saturated rings. The van der Waals surface area contributed by atoms with Crippen molar-refractivity contribution in [1.29, 1.82) is 0 Å². The van der Waals surface area contributed by atoms with Crippen molar-refractivity contribution in [2.45, 2.75) is 5.66 Å². The zero-order valence-electron chi connectivity index (χ0n) is 19.3. The van der Waals surface area contributed by atoms with Crippen LogP contribution in [0.3, 0.4) is 0 Å². The molecule has 38 heavy (non-hydrogen) atoms. The van der Waals surface area contributed by atoms with Crippen LogP contribution in [0.25, 0.3) is 11.3 Å². The summed E-state index contributed by atoms with van der Waals surface area (Å²) in [6.07, 6.45) is 8.04. The number of pyridine rings is 1. The summed E-state index contributed by atoms with van der Waals surface area (Å²) in [5.41, 5.74) is 2.93. The van der Waals surface area contributed by atoms with E-state index >= 15 is 0 Å². The van der Waals surface area contributed by atoms with E-state index in [1.165, 1.54) is 35.4 Å². The Kier molecular flexibility index (Phi) is 5.41. The van der Waals surface area contributed by atoms with E-state index in [9.17, 15) is 0 Å². The van der Waals surface area contributed by atoms with Crippen LogP contribution in [0.2, 0.25) is 0 Å². The van der Waals surface area contributed by atoms with Crippen LogP contribution in [0.1, 0.15) is 27.7 Å². The van der Waals surface area contributed by atoms with Crippen LogP contribution in [-0.2, 0) is 5.66 Å². The third-order valence-corrected chi connectivity index (χ3v) is 7.24.